The number of rotatable bonds is 4. The molecule has 2 aromatic carbocycles. The summed E-state index contributed by atoms with van der Waals surface area (Å²) in [6.45, 7) is 0. The van der Waals surface area contributed by atoms with Crippen molar-refractivity contribution < 1.29 is 13.2 Å². The van der Waals surface area contributed by atoms with Gasteiger partial charge in [0, 0.05) is 18.4 Å². The fourth-order valence-electron chi connectivity index (χ4n) is 2.15. The van der Waals surface area contributed by atoms with Gasteiger partial charge in [-0.05, 0) is 36.4 Å². The summed E-state index contributed by atoms with van der Waals surface area (Å²) in [6.07, 6.45) is -2.96. The van der Waals surface area contributed by atoms with E-state index in [0.717, 1.165) is 17.8 Å². The maximum Gasteiger partial charge on any atom is 0.416 e. The standard InChI is InChI=1S/C17H14F3N5/c1-25(14-5-3-2-4-6-14)16-23-15(11-21-24-16)22-13-9-7-12(8-10-13)17(18,19)20/h2-11H,1H3,(H,22,23,24). The molecular weight excluding hydrogens is 331 g/mol. The maximum absolute atomic E-state index is 12.6. The van der Waals surface area contributed by atoms with E-state index in [1.165, 1.54) is 18.3 Å². The minimum Gasteiger partial charge on any atom is -0.339 e. The molecule has 8 heteroatoms. The Hall–Kier alpha value is -3.16. The van der Waals surface area contributed by atoms with Gasteiger partial charge >= 0.3 is 6.18 Å². The summed E-state index contributed by atoms with van der Waals surface area (Å²) in [5.74, 6) is 0.746. The Bertz CT molecular complexity index is 835. The number of benzene rings is 2. The maximum atomic E-state index is 12.6. The Balaban J connectivity index is 1.78. The number of anilines is 4. The Labute approximate surface area is 142 Å². The highest BCUT2D eigenvalue weighted by Gasteiger charge is 2.29. The van der Waals surface area contributed by atoms with Gasteiger partial charge in [-0.25, -0.2) is 0 Å². The van der Waals surface area contributed by atoms with Crippen LogP contribution in [0.5, 0.6) is 0 Å². The van der Waals surface area contributed by atoms with Gasteiger partial charge in [-0.2, -0.15) is 23.3 Å². The van der Waals surface area contributed by atoms with E-state index < -0.39 is 11.7 Å². The van der Waals surface area contributed by atoms with E-state index in [-0.39, 0.29) is 0 Å². The molecule has 0 unspecified atom stereocenters. The molecule has 0 aliphatic heterocycles. The van der Waals surface area contributed by atoms with Crippen LogP contribution in [-0.2, 0) is 6.18 Å². The predicted octanol–water partition coefficient (Wildman–Crippen LogP) is 4.40. The normalized spacial score (nSPS) is 11.2. The van der Waals surface area contributed by atoms with E-state index in [0.29, 0.717) is 17.5 Å². The highest BCUT2D eigenvalue weighted by atomic mass is 19.4. The average molecular weight is 345 g/mol. The Kier molecular flexibility index (Phi) is 4.51. The number of nitrogens with zero attached hydrogens (tertiary/aromatic N) is 4. The summed E-state index contributed by atoms with van der Waals surface area (Å²) in [5.41, 5.74) is 0.654. The Morgan fingerprint density at radius 3 is 2.28 bits per heavy atom. The summed E-state index contributed by atoms with van der Waals surface area (Å²) in [5, 5.41) is 10.8. The number of hydrogen-bond acceptors (Lipinski definition) is 5. The van der Waals surface area contributed by atoms with Gasteiger partial charge in [0.05, 0.1) is 11.8 Å². The van der Waals surface area contributed by atoms with Gasteiger partial charge in [0.1, 0.15) is 0 Å². The molecule has 3 aromatic rings. The lowest BCUT2D eigenvalue weighted by Crippen LogP contribution is -2.14. The summed E-state index contributed by atoms with van der Waals surface area (Å²) < 4.78 is 37.8. The number of nitrogens with one attached hydrogen (secondary N) is 1. The van der Waals surface area contributed by atoms with Crippen molar-refractivity contribution in [2.75, 3.05) is 17.3 Å². The molecule has 0 radical (unpaired) electrons. The van der Waals surface area contributed by atoms with Crippen molar-refractivity contribution in [3.8, 4) is 0 Å². The summed E-state index contributed by atoms with van der Waals surface area (Å²) in [7, 11) is 1.80. The Morgan fingerprint density at radius 1 is 0.960 bits per heavy atom. The van der Waals surface area contributed by atoms with E-state index in [1.54, 1.807) is 11.9 Å². The lowest BCUT2D eigenvalue weighted by Gasteiger charge is -2.17. The first-order valence-corrected chi connectivity index (χ1v) is 7.36. The fourth-order valence-corrected chi connectivity index (χ4v) is 2.15. The minimum absolute atomic E-state index is 0.364. The van der Waals surface area contributed by atoms with Crippen molar-refractivity contribution in [3.05, 3.63) is 66.4 Å². The molecule has 5 nitrogen and oxygen atoms in total. The fraction of sp³-hybridized carbons (Fsp3) is 0.118. The van der Waals surface area contributed by atoms with Crippen LogP contribution in [0.3, 0.4) is 0 Å². The predicted molar refractivity (Wildman–Crippen MR) is 89.1 cm³/mol. The van der Waals surface area contributed by atoms with Crippen molar-refractivity contribution in [3.63, 3.8) is 0 Å². The molecule has 1 N–H and O–H groups in total. The second kappa shape index (κ2) is 6.76. The van der Waals surface area contributed by atoms with Gasteiger partial charge in [-0.1, -0.05) is 18.2 Å². The first-order chi connectivity index (χ1) is 11.9. The molecule has 0 saturated heterocycles. The first-order valence-electron chi connectivity index (χ1n) is 7.36. The van der Waals surface area contributed by atoms with E-state index in [2.05, 4.69) is 20.5 Å². The lowest BCUT2D eigenvalue weighted by molar-refractivity contribution is -0.137. The van der Waals surface area contributed by atoms with Crippen LogP contribution in [0.2, 0.25) is 0 Å². The van der Waals surface area contributed by atoms with Gasteiger partial charge in [0.15, 0.2) is 5.82 Å². The van der Waals surface area contributed by atoms with Gasteiger partial charge in [0.2, 0.25) is 0 Å². The van der Waals surface area contributed by atoms with Crippen molar-refractivity contribution in [2.24, 2.45) is 0 Å². The number of alkyl halides is 3. The van der Waals surface area contributed by atoms with Crippen LogP contribution in [0, 0.1) is 0 Å². The van der Waals surface area contributed by atoms with Gasteiger partial charge < -0.3 is 10.2 Å². The number of aromatic nitrogens is 3. The van der Waals surface area contributed by atoms with Gasteiger partial charge in [-0.3, -0.25) is 0 Å². The topological polar surface area (TPSA) is 53.9 Å². The van der Waals surface area contributed by atoms with Crippen LogP contribution in [-0.4, -0.2) is 22.2 Å². The van der Waals surface area contributed by atoms with E-state index in [1.807, 2.05) is 30.3 Å². The second-order valence-electron chi connectivity index (χ2n) is 5.24. The third-order valence-electron chi connectivity index (χ3n) is 3.48. The molecular formula is C17H14F3N5. The highest BCUT2D eigenvalue weighted by molar-refractivity contribution is 5.60. The van der Waals surface area contributed by atoms with Crippen LogP contribution in [0.1, 0.15) is 5.56 Å². The number of halogens is 3. The van der Waals surface area contributed by atoms with Crippen LogP contribution < -0.4 is 10.2 Å². The van der Waals surface area contributed by atoms with Crippen LogP contribution in [0.15, 0.2) is 60.8 Å². The molecule has 0 aliphatic carbocycles. The number of hydrogen-bond donors (Lipinski definition) is 1. The summed E-state index contributed by atoms with van der Waals surface area (Å²) >= 11 is 0. The van der Waals surface area contributed by atoms with Crippen LogP contribution >= 0.6 is 0 Å². The molecule has 1 heterocycles. The molecule has 25 heavy (non-hydrogen) atoms. The van der Waals surface area contributed by atoms with Crippen molar-refractivity contribution in [1.82, 2.24) is 15.2 Å². The van der Waals surface area contributed by atoms with E-state index in [4.69, 9.17) is 0 Å². The van der Waals surface area contributed by atoms with Crippen molar-refractivity contribution in [2.45, 2.75) is 6.18 Å². The molecule has 1 aromatic heterocycles. The SMILES string of the molecule is CN(c1ccccc1)c1nncc(Nc2ccc(C(F)(F)F)cc2)n1. The Morgan fingerprint density at radius 2 is 1.64 bits per heavy atom. The highest BCUT2D eigenvalue weighted by Crippen LogP contribution is 2.30. The second-order valence-corrected chi connectivity index (χ2v) is 5.24. The molecule has 0 spiro atoms. The number of para-hydroxylation sites is 1. The average Bonchev–Trinajstić information content (AvgIpc) is 2.62. The third kappa shape index (κ3) is 4.03. The van der Waals surface area contributed by atoms with E-state index >= 15 is 0 Å². The zero-order chi connectivity index (χ0) is 17.9. The van der Waals surface area contributed by atoms with Crippen LogP contribution in [0.4, 0.5) is 36.3 Å². The molecule has 0 amide bonds. The largest absolute Gasteiger partial charge is 0.416 e. The first kappa shape index (κ1) is 16.7. The third-order valence-corrected chi connectivity index (χ3v) is 3.48. The monoisotopic (exact) mass is 345 g/mol. The summed E-state index contributed by atoms with van der Waals surface area (Å²) in [6, 6.07) is 14.2. The lowest BCUT2D eigenvalue weighted by atomic mass is 10.2. The smallest absolute Gasteiger partial charge is 0.339 e. The van der Waals surface area contributed by atoms with Crippen molar-refractivity contribution in [1.29, 1.82) is 0 Å². The van der Waals surface area contributed by atoms with Gasteiger partial charge in [-0.15, -0.1) is 5.10 Å². The quantitative estimate of drug-likeness (QED) is 0.759. The van der Waals surface area contributed by atoms with Crippen molar-refractivity contribution >= 4 is 23.1 Å². The molecule has 0 fully saturated rings. The minimum atomic E-state index is -4.36. The molecule has 0 aliphatic rings. The molecule has 128 valence electrons. The zero-order valence-electron chi connectivity index (χ0n) is 13.2. The molecule has 3 rings (SSSR count). The summed E-state index contributed by atoms with van der Waals surface area (Å²) in [4.78, 5) is 6.09. The zero-order valence-corrected chi connectivity index (χ0v) is 13.2. The molecule has 0 bridgehead atoms. The van der Waals surface area contributed by atoms with E-state index in [9.17, 15) is 13.2 Å². The van der Waals surface area contributed by atoms with Gasteiger partial charge in [0.25, 0.3) is 5.95 Å². The molecule has 0 atom stereocenters. The molecule has 0 saturated carbocycles. The van der Waals surface area contributed by atoms with Crippen LogP contribution in [0.25, 0.3) is 0 Å².